The van der Waals surface area contributed by atoms with E-state index in [1.807, 2.05) is 20.8 Å². The molecule has 2 aromatic rings. The molecule has 0 aromatic carbocycles. The molecule has 0 radical (unpaired) electrons. The van der Waals surface area contributed by atoms with Crippen molar-refractivity contribution in [3.63, 3.8) is 0 Å². The summed E-state index contributed by atoms with van der Waals surface area (Å²) in [6.07, 6.45) is -2.34. The highest BCUT2D eigenvalue weighted by Gasteiger charge is 2.34. The highest BCUT2D eigenvalue weighted by molar-refractivity contribution is 5.96. The third-order valence-corrected chi connectivity index (χ3v) is 4.45. The number of nitrogens with one attached hydrogen (secondary N) is 1. The molecule has 146 valence electrons. The summed E-state index contributed by atoms with van der Waals surface area (Å²) in [5.41, 5.74) is -0.316. The van der Waals surface area contributed by atoms with Crippen LogP contribution in [0, 0.1) is 0 Å². The van der Waals surface area contributed by atoms with E-state index in [9.17, 15) is 18.0 Å². The van der Waals surface area contributed by atoms with Crippen molar-refractivity contribution in [2.24, 2.45) is 0 Å². The molecule has 3 rings (SSSR count). The molecule has 0 unspecified atom stereocenters. The zero-order valence-corrected chi connectivity index (χ0v) is 15.3. The quantitative estimate of drug-likeness (QED) is 0.869. The number of hydrogen-bond donors (Lipinski definition) is 1. The Morgan fingerprint density at radius 1 is 1.30 bits per heavy atom. The Labute approximate surface area is 154 Å². The van der Waals surface area contributed by atoms with Gasteiger partial charge in [0.2, 0.25) is 11.8 Å². The van der Waals surface area contributed by atoms with E-state index in [-0.39, 0.29) is 17.2 Å². The summed E-state index contributed by atoms with van der Waals surface area (Å²) < 4.78 is 43.3. The van der Waals surface area contributed by atoms with Crippen LogP contribution in [0.15, 0.2) is 28.9 Å². The molecular formula is C18H21F3N4O2. The number of halogens is 3. The van der Waals surface area contributed by atoms with E-state index in [4.69, 9.17) is 4.52 Å². The number of aromatic nitrogens is 2. The monoisotopic (exact) mass is 382 g/mol. The number of nitrogens with zero attached hydrogens (tertiary/aromatic N) is 3. The van der Waals surface area contributed by atoms with Crippen LogP contribution in [-0.4, -0.2) is 28.6 Å². The molecule has 1 aliphatic rings. The van der Waals surface area contributed by atoms with Gasteiger partial charge in [-0.3, -0.25) is 10.1 Å². The van der Waals surface area contributed by atoms with Crippen molar-refractivity contribution in [1.82, 2.24) is 10.1 Å². The number of carbonyl (C=O) groups excluding carboxylic acids is 1. The fraction of sp³-hybridized carbons (Fsp3) is 0.500. The third kappa shape index (κ3) is 4.23. The van der Waals surface area contributed by atoms with Crippen LogP contribution in [0.5, 0.6) is 0 Å². The summed E-state index contributed by atoms with van der Waals surface area (Å²) in [6, 6.07) is 3.41. The summed E-state index contributed by atoms with van der Waals surface area (Å²) in [7, 11) is 0. The maximum Gasteiger partial charge on any atom is 0.417 e. The maximum atomic E-state index is 12.7. The Kier molecular flexibility index (Phi) is 4.88. The summed E-state index contributed by atoms with van der Waals surface area (Å²) in [6.45, 7) is 6.47. The molecule has 1 saturated heterocycles. The van der Waals surface area contributed by atoms with Gasteiger partial charge in [-0.2, -0.15) is 13.2 Å². The lowest BCUT2D eigenvalue weighted by atomic mass is 9.92. The van der Waals surface area contributed by atoms with E-state index in [1.54, 1.807) is 11.0 Å². The summed E-state index contributed by atoms with van der Waals surface area (Å²) in [5, 5.41) is 6.65. The van der Waals surface area contributed by atoms with Gasteiger partial charge in [-0.25, -0.2) is 4.98 Å². The predicted octanol–water partition coefficient (Wildman–Crippen LogP) is 3.99. The first kappa shape index (κ1) is 19.2. The van der Waals surface area contributed by atoms with Gasteiger partial charge in [0.1, 0.15) is 11.9 Å². The van der Waals surface area contributed by atoms with Crippen molar-refractivity contribution in [2.75, 3.05) is 16.8 Å². The molecule has 1 N–H and O–H groups in total. The highest BCUT2D eigenvalue weighted by atomic mass is 19.4. The predicted molar refractivity (Wildman–Crippen MR) is 93.4 cm³/mol. The molecule has 0 aliphatic carbocycles. The number of anilines is 2. The minimum Gasteiger partial charge on any atom is -0.345 e. The second-order valence-electron chi connectivity index (χ2n) is 7.57. The average Bonchev–Trinajstić information content (AvgIpc) is 3.22. The topological polar surface area (TPSA) is 71.3 Å². The normalized spacial score (nSPS) is 18.0. The second kappa shape index (κ2) is 6.86. The first-order valence-corrected chi connectivity index (χ1v) is 8.63. The highest BCUT2D eigenvalue weighted by Crippen LogP contribution is 2.31. The number of amides is 1. The molecule has 9 heteroatoms. The van der Waals surface area contributed by atoms with Crippen molar-refractivity contribution in [3.8, 4) is 0 Å². The van der Waals surface area contributed by atoms with E-state index >= 15 is 0 Å². The van der Waals surface area contributed by atoms with Crippen LogP contribution in [0.2, 0.25) is 0 Å². The van der Waals surface area contributed by atoms with Crippen LogP contribution in [0.4, 0.5) is 24.9 Å². The van der Waals surface area contributed by atoms with Gasteiger partial charge in [0.05, 0.1) is 11.3 Å². The van der Waals surface area contributed by atoms with Crippen LogP contribution in [0.3, 0.4) is 0 Å². The summed E-state index contributed by atoms with van der Waals surface area (Å²) >= 11 is 0. The van der Waals surface area contributed by atoms with Gasteiger partial charge in [-0.15, -0.1) is 0 Å². The molecule has 2 aromatic heterocycles. The SMILES string of the molecule is CC(C)(C)c1cc(NC(=O)[C@@H]2CCCN2c2ccc(C(F)(F)F)cn2)on1. The molecule has 1 amide bonds. The van der Waals surface area contributed by atoms with Crippen molar-refractivity contribution in [2.45, 2.75) is 51.2 Å². The lowest BCUT2D eigenvalue weighted by molar-refractivity contribution is -0.137. The van der Waals surface area contributed by atoms with Gasteiger partial charge >= 0.3 is 6.18 Å². The Balaban J connectivity index is 1.72. The fourth-order valence-electron chi connectivity index (χ4n) is 2.93. The largest absolute Gasteiger partial charge is 0.417 e. The van der Waals surface area contributed by atoms with Gasteiger partial charge in [-0.05, 0) is 25.0 Å². The number of hydrogen-bond acceptors (Lipinski definition) is 5. The first-order chi connectivity index (χ1) is 12.6. The molecule has 6 nitrogen and oxygen atoms in total. The van der Waals surface area contributed by atoms with Crippen LogP contribution < -0.4 is 10.2 Å². The molecule has 27 heavy (non-hydrogen) atoms. The van der Waals surface area contributed by atoms with Crippen LogP contribution in [-0.2, 0) is 16.4 Å². The second-order valence-corrected chi connectivity index (χ2v) is 7.57. The minimum absolute atomic E-state index is 0.212. The molecule has 0 saturated carbocycles. The molecule has 0 spiro atoms. The molecular weight excluding hydrogens is 361 g/mol. The van der Waals surface area contributed by atoms with Crippen molar-refractivity contribution < 1.29 is 22.5 Å². The molecule has 1 atom stereocenters. The zero-order chi connectivity index (χ0) is 19.8. The van der Waals surface area contributed by atoms with Crippen molar-refractivity contribution >= 4 is 17.6 Å². The van der Waals surface area contributed by atoms with E-state index < -0.39 is 17.8 Å². The van der Waals surface area contributed by atoms with E-state index in [0.717, 1.165) is 18.7 Å². The van der Waals surface area contributed by atoms with Crippen molar-refractivity contribution in [1.29, 1.82) is 0 Å². The average molecular weight is 382 g/mol. The van der Waals surface area contributed by atoms with Gasteiger partial charge in [0, 0.05) is 24.2 Å². The van der Waals surface area contributed by atoms with Crippen LogP contribution >= 0.6 is 0 Å². The fourth-order valence-corrected chi connectivity index (χ4v) is 2.93. The summed E-state index contributed by atoms with van der Waals surface area (Å²) in [5.74, 6) is 0.288. The van der Waals surface area contributed by atoms with Gasteiger partial charge < -0.3 is 9.42 Å². The Morgan fingerprint density at radius 2 is 2.04 bits per heavy atom. The van der Waals surface area contributed by atoms with E-state index in [2.05, 4.69) is 15.5 Å². The summed E-state index contributed by atoms with van der Waals surface area (Å²) in [4.78, 5) is 18.2. The van der Waals surface area contributed by atoms with Crippen LogP contribution in [0.1, 0.15) is 44.9 Å². The Morgan fingerprint density at radius 3 is 2.59 bits per heavy atom. The van der Waals surface area contributed by atoms with Gasteiger partial charge in [0.25, 0.3) is 0 Å². The van der Waals surface area contributed by atoms with Crippen LogP contribution in [0.25, 0.3) is 0 Å². The zero-order valence-electron chi connectivity index (χ0n) is 15.3. The van der Waals surface area contributed by atoms with Gasteiger partial charge in [-0.1, -0.05) is 25.9 Å². The third-order valence-electron chi connectivity index (χ3n) is 4.45. The molecule has 0 bridgehead atoms. The smallest absolute Gasteiger partial charge is 0.345 e. The lowest BCUT2D eigenvalue weighted by Crippen LogP contribution is -2.40. The Hall–Kier alpha value is -2.58. The number of rotatable bonds is 3. The number of alkyl halides is 3. The molecule has 1 fully saturated rings. The number of carbonyl (C=O) groups is 1. The Bertz CT molecular complexity index is 809. The standard InChI is InChI=1S/C18H21F3N4O2/c1-17(2,3)13-9-15(27-24-13)23-16(26)12-5-4-8-25(12)14-7-6-11(10-22-14)18(19,20)21/h6-7,9-10,12H,4-5,8H2,1-3H3,(H,23,26)/t12-/m0/s1. The van der Waals surface area contributed by atoms with Crippen molar-refractivity contribution in [3.05, 3.63) is 35.7 Å². The van der Waals surface area contributed by atoms with Gasteiger partial charge in [0.15, 0.2) is 0 Å². The van der Waals surface area contributed by atoms with E-state index in [0.29, 0.717) is 24.5 Å². The lowest BCUT2D eigenvalue weighted by Gasteiger charge is -2.24. The molecule has 3 heterocycles. The molecule has 1 aliphatic heterocycles. The number of pyridine rings is 1. The first-order valence-electron chi connectivity index (χ1n) is 8.63. The minimum atomic E-state index is -4.44. The maximum absolute atomic E-state index is 12.7. The van der Waals surface area contributed by atoms with E-state index in [1.165, 1.54) is 6.07 Å².